The molecule has 5 heteroatoms. The van der Waals surface area contributed by atoms with Crippen molar-refractivity contribution in [2.75, 3.05) is 26.2 Å². The van der Waals surface area contributed by atoms with Gasteiger partial charge in [0.05, 0.1) is 6.42 Å². The molecule has 0 unspecified atom stereocenters. The first-order chi connectivity index (χ1) is 11.8. The highest BCUT2D eigenvalue weighted by molar-refractivity contribution is 7.10. The number of carbonyl (C=O) groups is 1. The quantitative estimate of drug-likeness (QED) is 0.795. The summed E-state index contributed by atoms with van der Waals surface area (Å²) < 4.78 is 0. The second-order valence-corrected chi connectivity index (χ2v) is 7.61. The third-order valence-corrected chi connectivity index (χ3v) is 5.62. The van der Waals surface area contributed by atoms with Gasteiger partial charge in [0.25, 0.3) is 0 Å². The largest absolute Gasteiger partial charge is 0.355 e. The monoisotopic (exact) mass is 378 g/mol. The molecule has 25 heavy (non-hydrogen) atoms. The second-order valence-electron chi connectivity index (χ2n) is 6.58. The summed E-state index contributed by atoms with van der Waals surface area (Å²) in [6, 6.07) is 14.8. The Kier molecular flexibility index (Phi) is 8.45. The van der Waals surface area contributed by atoms with Crippen molar-refractivity contribution in [2.24, 2.45) is 5.92 Å². The SMILES string of the molecule is Cl.O=C(Cc1cccs1)NCCN1CCC(Cc2ccccc2)CC1. The molecular formula is C20H27ClN2OS. The zero-order chi connectivity index (χ0) is 16.6. The molecule has 0 atom stereocenters. The number of piperidine rings is 1. The van der Waals surface area contributed by atoms with Gasteiger partial charge < -0.3 is 10.2 Å². The molecule has 0 saturated carbocycles. The normalized spacial score (nSPS) is 15.5. The average molecular weight is 379 g/mol. The number of halogens is 1. The fourth-order valence-corrected chi connectivity index (χ4v) is 4.05. The van der Waals surface area contributed by atoms with E-state index in [1.807, 2.05) is 17.5 Å². The van der Waals surface area contributed by atoms with E-state index >= 15 is 0 Å². The minimum Gasteiger partial charge on any atom is -0.355 e. The Morgan fingerprint density at radius 1 is 1.12 bits per heavy atom. The number of rotatable bonds is 7. The van der Waals surface area contributed by atoms with Crippen molar-refractivity contribution in [3.05, 3.63) is 58.3 Å². The van der Waals surface area contributed by atoms with Gasteiger partial charge in [-0.05, 0) is 55.3 Å². The molecule has 1 saturated heterocycles. The third-order valence-electron chi connectivity index (χ3n) is 4.74. The number of thiophene rings is 1. The van der Waals surface area contributed by atoms with Gasteiger partial charge in [-0.25, -0.2) is 0 Å². The maximum absolute atomic E-state index is 11.9. The van der Waals surface area contributed by atoms with Crippen LogP contribution in [0.3, 0.4) is 0 Å². The lowest BCUT2D eigenvalue weighted by atomic mass is 9.90. The Hall–Kier alpha value is -1.36. The summed E-state index contributed by atoms with van der Waals surface area (Å²) in [4.78, 5) is 15.5. The van der Waals surface area contributed by atoms with Crippen LogP contribution in [0.15, 0.2) is 47.8 Å². The summed E-state index contributed by atoms with van der Waals surface area (Å²) in [5.74, 6) is 0.938. The van der Waals surface area contributed by atoms with Crippen LogP contribution >= 0.6 is 23.7 Å². The molecule has 1 amide bonds. The Morgan fingerprint density at radius 2 is 1.88 bits per heavy atom. The van der Waals surface area contributed by atoms with Gasteiger partial charge in [-0.3, -0.25) is 4.79 Å². The van der Waals surface area contributed by atoms with Crippen LogP contribution in [0.2, 0.25) is 0 Å². The molecule has 1 aromatic carbocycles. The molecule has 0 aliphatic carbocycles. The molecule has 2 aromatic rings. The van der Waals surface area contributed by atoms with Crippen LogP contribution in [0.5, 0.6) is 0 Å². The maximum atomic E-state index is 11.9. The van der Waals surface area contributed by atoms with Crippen LogP contribution in [0.4, 0.5) is 0 Å². The predicted octanol–water partition coefficient (Wildman–Crippen LogP) is 3.78. The zero-order valence-electron chi connectivity index (χ0n) is 14.5. The lowest BCUT2D eigenvalue weighted by molar-refractivity contribution is -0.120. The topological polar surface area (TPSA) is 32.3 Å². The fourth-order valence-electron chi connectivity index (χ4n) is 3.35. The summed E-state index contributed by atoms with van der Waals surface area (Å²) in [5, 5.41) is 5.06. The first kappa shape index (κ1) is 20.0. The first-order valence-electron chi connectivity index (χ1n) is 8.85. The van der Waals surface area contributed by atoms with Gasteiger partial charge in [-0.15, -0.1) is 23.7 Å². The van der Waals surface area contributed by atoms with Crippen LogP contribution in [0, 0.1) is 5.92 Å². The van der Waals surface area contributed by atoms with Crippen molar-refractivity contribution in [2.45, 2.75) is 25.7 Å². The zero-order valence-corrected chi connectivity index (χ0v) is 16.2. The maximum Gasteiger partial charge on any atom is 0.225 e. The molecule has 0 bridgehead atoms. The lowest BCUT2D eigenvalue weighted by Gasteiger charge is -2.32. The highest BCUT2D eigenvalue weighted by Crippen LogP contribution is 2.21. The molecule has 2 heterocycles. The van der Waals surface area contributed by atoms with E-state index < -0.39 is 0 Å². The Morgan fingerprint density at radius 3 is 2.56 bits per heavy atom. The highest BCUT2D eigenvalue weighted by Gasteiger charge is 2.19. The van der Waals surface area contributed by atoms with E-state index in [4.69, 9.17) is 0 Å². The standard InChI is InChI=1S/C20H26N2OS.ClH/c23-20(16-19-7-4-14-24-19)21-10-13-22-11-8-18(9-12-22)15-17-5-2-1-3-6-17;/h1-7,14,18H,8-13,15-16H2,(H,21,23);1H. The molecule has 136 valence electrons. The van der Waals surface area contributed by atoms with Gasteiger partial charge in [0.1, 0.15) is 0 Å². The van der Waals surface area contributed by atoms with Crippen molar-refractivity contribution >= 4 is 29.7 Å². The Labute approximate surface area is 160 Å². The van der Waals surface area contributed by atoms with E-state index in [2.05, 4.69) is 40.5 Å². The summed E-state index contributed by atoms with van der Waals surface area (Å²) >= 11 is 1.64. The van der Waals surface area contributed by atoms with Crippen molar-refractivity contribution < 1.29 is 4.79 Å². The summed E-state index contributed by atoms with van der Waals surface area (Å²) in [5.41, 5.74) is 1.46. The van der Waals surface area contributed by atoms with Crippen LogP contribution in [0.25, 0.3) is 0 Å². The van der Waals surface area contributed by atoms with Gasteiger partial charge >= 0.3 is 0 Å². The van der Waals surface area contributed by atoms with Gasteiger partial charge in [0.15, 0.2) is 0 Å². The predicted molar refractivity (Wildman–Crippen MR) is 108 cm³/mol. The molecule has 1 N–H and O–H groups in total. The van der Waals surface area contributed by atoms with Crippen molar-refractivity contribution in [1.29, 1.82) is 0 Å². The smallest absolute Gasteiger partial charge is 0.225 e. The summed E-state index contributed by atoms with van der Waals surface area (Å²) in [6.07, 6.45) is 4.24. The first-order valence-corrected chi connectivity index (χ1v) is 9.73. The van der Waals surface area contributed by atoms with E-state index in [0.717, 1.165) is 37.0 Å². The molecule has 1 fully saturated rings. The molecule has 1 aliphatic heterocycles. The number of amides is 1. The minimum atomic E-state index is 0. The second kappa shape index (κ2) is 10.6. The number of hydrogen-bond donors (Lipinski definition) is 1. The highest BCUT2D eigenvalue weighted by atomic mass is 35.5. The Bertz CT molecular complexity index is 610. The van der Waals surface area contributed by atoms with E-state index in [1.165, 1.54) is 24.8 Å². The van der Waals surface area contributed by atoms with Crippen molar-refractivity contribution in [1.82, 2.24) is 10.2 Å². The number of carbonyl (C=O) groups excluding carboxylic acids is 1. The fraction of sp³-hybridized carbons (Fsp3) is 0.450. The third kappa shape index (κ3) is 6.81. The average Bonchev–Trinajstić information content (AvgIpc) is 3.10. The van der Waals surface area contributed by atoms with Crippen LogP contribution in [-0.2, 0) is 17.6 Å². The molecule has 0 spiro atoms. The number of likely N-dealkylation sites (tertiary alicyclic amines) is 1. The van der Waals surface area contributed by atoms with E-state index in [1.54, 1.807) is 11.3 Å². The molecule has 3 rings (SSSR count). The molecule has 0 radical (unpaired) electrons. The van der Waals surface area contributed by atoms with E-state index in [9.17, 15) is 4.79 Å². The summed E-state index contributed by atoms with van der Waals surface area (Å²) in [7, 11) is 0. The lowest BCUT2D eigenvalue weighted by Crippen LogP contribution is -2.40. The minimum absolute atomic E-state index is 0. The van der Waals surface area contributed by atoms with Gasteiger partial charge in [0.2, 0.25) is 5.91 Å². The number of nitrogens with one attached hydrogen (secondary N) is 1. The number of benzene rings is 1. The van der Waals surface area contributed by atoms with Crippen LogP contribution in [0.1, 0.15) is 23.3 Å². The Balaban J connectivity index is 0.00000225. The van der Waals surface area contributed by atoms with Gasteiger partial charge in [-0.2, -0.15) is 0 Å². The molecule has 3 nitrogen and oxygen atoms in total. The van der Waals surface area contributed by atoms with Crippen molar-refractivity contribution in [3.63, 3.8) is 0 Å². The van der Waals surface area contributed by atoms with E-state index in [-0.39, 0.29) is 18.3 Å². The van der Waals surface area contributed by atoms with E-state index in [0.29, 0.717) is 6.42 Å². The van der Waals surface area contributed by atoms with Gasteiger partial charge in [0, 0.05) is 18.0 Å². The summed E-state index contributed by atoms with van der Waals surface area (Å²) in [6.45, 7) is 4.03. The number of hydrogen-bond acceptors (Lipinski definition) is 3. The van der Waals surface area contributed by atoms with Crippen LogP contribution in [-0.4, -0.2) is 37.0 Å². The van der Waals surface area contributed by atoms with Crippen LogP contribution < -0.4 is 5.32 Å². The van der Waals surface area contributed by atoms with Gasteiger partial charge in [-0.1, -0.05) is 36.4 Å². The molecular weight excluding hydrogens is 352 g/mol. The van der Waals surface area contributed by atoms with Crippen molar-refractivity contribution in [3.8, 4) is 0 Å². The molecule has 1 aromatic heterocycles. The number of nitrogens with zero attached hydrogens (tertiary/aromatic N) is 1. The molecule has 1 aliphatic rings.